The zero-order chi connectivity index (χ0) is 23.5. The van der Waals surface area contributed by atoms with Crippen LogP contribution in [0.2, 0.25) is 0 Å². The van der Waals surface area contributed by atoms with Gasteiger partial charge in [0, 0.05) is 19.2 Å². The molecule has 1 heterocycles. The van der Waals surface area contributed by atoms with E-state index in [0.717, 1.165) is 31.7 Å². The van der Waals surface area contributed by atoms with Crippen molar-refractivity contribution in [2.75, 3.05) is 0 Å². The van der Waals surface area contributed by atoms with Crippen molar-refractivity contribution in [3.63, 3.8) is 0 Å². The van der Waals surface area contributed by atoms with Crippen LogP contribution < -0.4 is 10.6 Å². The lowest BCUT2D eigenvalue weighted by Crippen LogP contribution is -2.61. The normalized spacial score (nSPS) is 31.8. The van der Waals surface area contributed by atoms with Crippen molar-refractivity contribution in [3.8, 4) is 0 Å². The summed E-state index contributed by atoms with van der Waals surface area (Å²) in [5.74, 6) is -0.536. The fourth-order valence-corrected chi connectivity index (χ4v) is 6.12. The molecule has 1 aromatic heterocycles. The summed E-state index contributed by atoms with van der Waals surface area (Å²) < 4.78 is 42.2. The number of aromatic nitrogens is 2. The molecule has 4 aliphatic rings. The highest BCUT2D eigenvalue weighted by molar-refractivity contribution is 5.95. The topological polar surface area (TPSA) is 96.2 Å². The van der Waals surface area contributed by atoms with Crippen molar-refractivity contribution in [1.29, 1.82) is 0 Å². The highest BCUT2D eigenvalue weighted by atomic mass is 19.4. The quantitative estimate of drug-likeness (QED) is 0.638. The van der Waals surface area contributed by atoms with E-state index in [0.29, 0.717) is 23.4 Å². The van der Waals surface area contributed by atoms with Crippen LogP contribution in [0.15, 0.2) is 12.3 Å². The number of amides is 2. The number of alkyl halides is 3. The van der Waals surface area contributed by atoms with Crippen LogP contribution in [0.1, 0.15) is 68.9 Å². The highest BCUT2D eigenvalue weighted by Gasteiger charge is 2.55. The molecule has 5 rings (SSSR count). The van der Waals surface area contributed by atoms with Crippen molar-refractivity contribution in [3.05, 3.63) is 23.5 Å². The van der Waals surface area contributed by atoms with Crippen LogP contribution in [0.5, 0.6) is 0 Å². The van der Waals surface area contributed by atoms with Crippen molar-refractivity contribution >= 4 is 18.0 Å². The highest BCUT2D eigenvalue weighted by Crippen LogP contribution is 2.55. The van der Waals surface area contributed by atoms with E-state index in [1.54, 1.807) is 13.8 Å². The van der Waals surface area contributed by atoms with Gasteiger partial charge >= 0.3 is 6.18 Å². The van der Waals surface area contributed by atoms with Crippen LogP contribution >= 0.6 is 0 Å². The predicted molar refractivity (Wildman–Crippen MR) is 110 cm³/mol. The summed E-state index contributed by atoms with van der Waals surface area (Å²) in [7, 11) is 0. The molecule has 4 saturated carbocycles. The van der Waals surface area contributed by atoms with Crippen molar-refractivity contribution < 1.29 is 27.9 Å². The Kier molecular flexibility index (Phi) is 5.42. The lowest BCUT2D eigenvalue weighted by Gasteiger charge is -2.58. The van der Waals surface area contributed by atoms with E-state index >= 15 is 0 Å². The molecule has 4 bridgehead atoms. The van der Waals surface area contributed by atoms with E-state index < -0.39 is 34.5 Å². The number of halogens is 3. The third-order valence-electron chi connectivity index (χ3n) is 6.98. The molecule has 176 valence electrons. The summed E-state index contributed by atoms with van der Waals surface area (Å²) in [6, 6.07) is -0.238. The average Bonchev–Trinajstić information content (AvgIpc) is 3.05. The molecule has 0 radical (unpaired) electrons. The third-order valence-corrected chi connectivity index (χ3v) is 6.98. The predicted octanol–water partition coefficient (Wildman–Crippen LogP) is 2.96. The standard InChI is InChI=1S/C22H29F3N4O3/c1-12(30)28-20(2,3)4-5-29-18(22(23,24)25)16(11-26-29)19(31)27-17-14-6-13-7-15(17)10-21(32,8-13)9-14/h4-5,11,13-15,17,32H,6-10H2,1-3H3,(H,27,31)(H,28,30)/b5-4+/t13?,14?,15?,17-,21+. The molecule has 4 fully saturated rings. The Hall–Kier alpha value is -2.36. The first-order valence-electron chi connectivity index (χ1n) is 10.9. The molecule has 1 aromatic rings. The molecule has 0 saturated heterocycles. The van der Waals surface area contributed by atoms with E-state index in [1.165, 1.54) is 13.0 Å². The zero-order valence-corrected chi connectivity index (χ0v) is 18.4. The van der Waals surface area contributed by atoms with Gasteiger partial charge in [0.05, 0.1) is 22.9 Å². The summed E-state index contributed by atoms with van der Waals surface area (Å²) in [5.41, 5.74) is -3.28. The number of nitrogens with one attached hydrogen (secondary N) is 2. The second-order valence-electron chi connectivity index (χ2n) is 10.3. The molecular weight excluding hydrogens is 425 g/mol. The van der Waals surface area contributed by atoms with Crippen molar-refractivity contribution in [2.24, 2.45) is 17.8 Å². The van der Waals surface area contributed by atoms with Crippen LogP contribution in [-0.2, 0) is 11.0 Å². The molecule has 7 nitrogen and oxygen atoms in total. The van der Waals surface area contributed by atoms with Gasteiger partial charge in [0.2, 0.25) is 5.91 Å². The van der Waals surface area contributed by atoms with Gasteiger partial charge in [-0.25, -0.2) is 4.68 Å². The largest absolute Gasteiger partial charge is 0.434 e. The monoisotopic (exact) mass is 454 g/mol. The van der Waals surface area contributed by atoms with Gasteiger partial charge in [0.1, 0.15) is 0 Å². The lowest BCUT2D eigenvalue weighted by molar-refractivity contribution is -0.143. The Morgan fingerprint density at radius 1 is 1.22 bits per heavy atom. The summed E-state index contributed by atoms with van der Waals surface area (Å²) in [4.78, 5) is 24.2. The number of hydrogen-bond donors (Lipinski definition) is 3. The minimum Gasteiger partial charge on any atom is -0.390 e. The second kappa shape index (κ2) is 7.60. The Morgan fingerprint density at radius 3 is 2.38 bits per heavy atom. The number of rotatable bonds is 5. The summed E-state index contributed by atoms with van der Waals surface area (Å²) in [6.07, 6.45) is 2.33. The van der Waals surface area contributed by atoms with Crippen molar-refractivity contribution in [2.45, 2.75) is 76.2 Å². The Labute approximate surface area is 184 Å². The Bertz CT molecular complexity index is 937. The van der Waals surface area contributed by atoms with Crippen LogP contribution in [0, 0.1) is 17.8 Å². The molecule has 2 amide bonds. The van der Waals surface area contributed by atoms with Gasteiger partial charge in [-0.2, -0.15) is 18.3 Å². The van der Waals surface area contributed by atoms with Gasteiger partial charge in [0.25, 0.3) is 5.91 Å². The number of carbonyl (C=O) groups is 2. The molecule has 0 aromatic carbocycles. The van der Waals surface area contributed by atoms with Crippen LogP contribution in [0.25, 0.3) is 6.20 Å². The van der Waals surface area contributed by atoms with E-state index in [1.807, 2.05) is 0 Å². The first-order valence-corrected chi connectivity index (χ1v) is 10.9. The molecular formula is C22H29F3N4O3. The molecule has 0 aliphatic heterocycles. The Morgan fingerprint density at radius 2 is 1.84 bits per heavy atom. The van der Waals surface area contributed by atoms with Gasteiger partial charge in [0.15, 0.2) is 5.69 Å². The molecule has 32 heavy (non-hydrogen) atoms. The van der Waals surface area contributed by atoms with Gasteiger partial charge in [-0.15, -0.1) is 0 Å². The van der Waals surface area contributed by atoms with Gasteiger partial charge in [-0.1, -0.05) is 0 Å². The van der Waals surface area contributed by atoms with Crippen LogP contribution in [0.3, 0.4) is 0 Å². The lowest BCUT2D eigenvalue weighted by atomic mass is 9.52. The Balaban J connectivity index is 1.56. The van der Waals surface area contributed by atoms with E-state index in [9.17, 15) is 27.9 Å². The van der Waals surface area contributed by atoms with Gasteiger partial charge < -0.3 is 15.7 Å². The average molecular weight is 454 g/mol. The SMILES string of the molecule is CC(=O)NC(C)(C)/C=C/n1ncc(C(=O)N[C@H]2C3CC4CC2C[C@@](O)(C4)C3)c1C(F)(F)F. The van der Waals surface area contributed by atoms with Crippen LogP contribution in [-0.4, -0.2) is 43.9 Å². The van der Waals surface area contributed by atoms with Crippen LogP contribution in [0.4, 0.5) is 13.2 Å². The number of hydrogen-bond acceptors (Lipinski definition) is 4. The maximum Gasteiger partial charge on any atom is 0.434 e. The molecule has 2 atom stereocenters. The summed E-state index contributed by atoms with van der Waals surface area (Å²) >= 11 is 0. The molecule has 10 heteroatoms. The number of nitrogens with zero attached hydrogens (tertiary/aromatic N) is 2. The van der Waals surface area contributed by atoms with E-state index in [4.69, 9.17) is 0 Å². The summed E-state index contributed by atoms with van der Waals surface area (Å²) in [6.45, 7) is 4.58. The fraction of sp³-hybridized carbons (Fsp3) is 0.682. The fourth-order valence-electron chi connectivity index (χ4n) is 6.12. The van der Waals surface area contributed by atoms with Gasteiger partial charge in [-0.3, -0.25) is 9.59 Å². The van der Waals surface area contributed by atoms with E-state index in [-0.39, 0.29) is 23.8 Å². The van der Waals surface area contributed by atoms with Crippen molar-refractivity contribution in [1.82, 2.24) is 20.4 Å². The second-order valence-corrected chi connectivity index (χ2v) is 10.3. The third kappa shape index (κ3) is 4.42. The maximum absolute atomic E-state index is 13.9. The smallest absolute Gasteiger partial charge is 0.390 e. The van der Waals surface area contributed by atoms with Gasteiger partial charge in [-0.05, 0) is 69.8 Å². The molecule has 4 aliphatic carbocycles. The first-order chi connectivity index (χ1) is 14.8. The minimum absolute atomic E-state index is 0.0814. The zero-order valence-electron chi connectivity index (χ0n) is 18.4. The molecule has 3 N–H and O–H groups in total. The molecule has 0 spiro atoms. The summed E-state index contributed by atoms with van der Waals surface area (Å²) in [5, 5.41) is 19.9. The first kappa shape index (κ1) is 22.8. The number of aliphatic hydroxyl groups is 1. The molecule has 2 unspecified atom stereocenters. The minimum atomic E-state index is -4.80. The van der Waals surface area contributed by atoms with E-state index in [2.05, 4.69) is 15.7 Å². The number of carbonyl (C=O) groups excluding carboxylic acids is 2. The maximum atomic E-state index is 13.9.